The number of hydrogen-bond donors (Lipinski definition) is 1. The Morgan fingerprint density at radius 3 is 2.92 bits per heavy atom. The van der Waals surface area contributed by atoms with Gasteiger partial charge in [0.15, 0.2) is 0 Å². The average Bonchev–Trinajstić information content (AvgIpc) is 2.18. The summed E-state index contributed by atoms with van der Waals surface area (Å²) in [6.45, 7) is 3.00. The first kappa shape index (κ1) is 9.47. The highest BCUT2D eigenvalue weighted by molar-refractivity contribution is 4.84. The molecule has 0 saturated carbocycles. The van der Waals surface area contributed by atoms with Gasteiger partial charge in [-0.1, -0.05) is 6.42 Å². The molecule has 2 unspecified atom stereocenters. The third kappa shape index (κ3) is 2.23. The zero-order valence-corrected chi connectivity index (χ0v) is 8.41. The molecule has 2 rings (SSSR count). The second-order valence-electron chi connectivity index (χ2n) is 4.59. The molecule has 2 nitrogen and oxygen atoms in total. The summed E-state index contributed by atoms with van der Waals surface area (Å²) in [5, 5.41) is 8.90. The van der Waals surface area contributed by atoms with Gasteiger partial charge < -0.3 is 10.0 Å². The Morgan fingerprint density at radius 1 is 1.15 bits per heavy atom. The van der Waals surface area contributed by atoms with Gasteiger partial charge in [-0.2, -0.15) is 0 Å². The lowest BCUT2D eigenvalue weighted by atomic mass is 9.84. The smallest absolute Gasteiger partial charge is 0.0433 e. The fraction of sp³-hybridized carbons (Fsp3) is 1.00. The molecule has 2 fully saturated rings. The summed E-state index contributed by atoms with van der Waals surface area (Å²) in [7, 11) is 0. The van der Waals surface area contributed by atoms with Crippen molar-refractivity contribution in [2.45, 2.75) is 44.6 Å². The fourth-order valence-electron chi connectivity index (χ4n) is 2.92. The molecular formula is C11H21NO. The molecule has 13 heavy (non-hydrogen) atoms. The van der Waals surface area contributed by atoms with E-state index in [9.17, 15) is 0 Å². The maximum Gasteiger partial charge on any atom is 0.0433 e. The van der Waals surface area contributed by atoms with E-state index in [0.29, 0.717) is 6.61 Å². The van der Waals surface area contributed by atoms with Gasteiger partial charge in [0, 0.05) is 12.6 Å². The summed E-state index contributed by atoms with van der Waals surface area (Å²) in [5.74, 6) is 0.810. The number of piperidine rings is 2. The fourth-order valence-corrected chi connectivity index (χ4v) is 2.92. The molecule has 0 aromatic rings. The van der Waals surface area contributed by atoms with E-state index < -0.39 is 0 Å². The van der Waals surface area contributed by atoms with Crippen LogP contribution in [0.5, 0.6) is 0 Å². The van der Waals surface area contributed by atoms with Crippen molar-refractivity contribution in [1.82, 2.24) is 4.90 Å². The topological polar surface area (TPSA) is 23.5 Å². The zero-order chi connectivity index (χ0) is 9.10. The lowest BCUT2D eigenvalue weighted by Gasteiger charge is -2.42. The predicted molar refractivity (Wildman–Crippen MR) is 53.6 cm³/mol. The van der Waals surface area contributed by atoms with E-state index >= 15 is 0 Å². The maximum absolute atomic E-state index is 8.90. The summed E-state index contributed by atoms with van der Waals surface area (Å²) in [6, 6.07) is 0.860. The average molecular weight is 183 g/mol. The minimum Gasteiger partial charge on any atom is -0.396 e. The molecule has 2 heterocycles. The zero-order valence-electron chi connectivity index (χ0n) is 8.41. The summed E-state index contributed by atoms with van der Waals surface area (Å²) in [6.07, 6.45) is 7.93. The number of hydrogen-bond acceptors (Lipinski definition) is 2. The van der Waals surface area contributed by atoms with Crippen LogP contribution in [0.1, 0.15) is 38.5 Å². The standard InChI is InChI=1S/C11H21NO/c13-8-5-10-4-7-12-6-2-1-3-11(12)9-10/h10-11,13H,1-9H2. The highest BCUT2D eigenvalue weighted by Gasteiger charge is 2.29. The van der Waals surface area contributed by atoms with Gasteiger partial charge in [0.2, 0.25) is 0 Å². The highest BCUT2D eigenvalue weighted by Crippen LogP contribution is 2.30. The number of fused-ring (bicyclic) bond motifs is 1. The molecule has 2 heteroatoms. The van der Waals surface area contributed by atoms with Gasteiger partial charge in [0.05, 0.1) is 0 Å². The van der Waals surface area contributed by atoms with Crippen molar-refractivity contribution in [3.05, 3.63) is 0 Å². The Hall–Kier alpha value is -0.0800. The van der Waals surface area contributed by atoms with Crippen LogP contribution in [0.25, 0.3) is 0 Å². The molecule has 0 radical (unpaired) electrons. The van der Waals surface area contributed by atoms with E-state index in [1.165, 1.54) is 45.2 Å². The van der Waals surface area contributed by atoms with Crippen molar-refractivity contribution in [1.29, 1.82) is 0 Å². The third-order valence-corrected chi connectivity index (χ3v) is 3.72. The van der Waals surface area contributed by atoms with Crippen LogP contribution in [-0.4, -0.2) is 35.7 Å². The molecule has 76 valence electrons. The van der Waals surface area contributed by atoms with E-state index in [4.69, 9.17) is 5.11 Å². The highest BCUT2D eigenvalue weighted by atomic mass is 16.3. The van der Waals surface area contributed by atoms with Crippen LogP contribution in [0, 0.1) is 5.92 Å². The number of nitrogens with zero attached hydrogens (tertiary/aromatic N) is 1. The van der Waals surface area contributed by atoms with Crippen LogP contribution in [0.4, 0.5) is 0 Å². The maximum atomic E-state index is 8.90. The Labute approximate surface area is 80.9 Å². The van der Waals surface area contributed by atoms with Crippen LogP contribution in [0.2, 0.25) is 0 Å². The molecule has 2 atom stereocenters. The molecule has 2 saturated heterocycles. The molecular weight excluding hydrogens is 162 g/mol. The molecule has 2 aliphatic rings. The number of aliphatic hydroxyl groups is 1. The summed E-state index contributed by atoms with van der Waals surface area (Å²) >= 11 is 0. The van der Waals surface area contributed by atoms with Crippen molar-refractivity contribution in [2.75, 3.05) is 19.7 Å². The van der Waals surface area contributed by atoms with Gasteiger partial charge in [0.25, 0.3) is 0 Å². The van der Waals surface area contributed by atoms with Crippen LogP contribution in [0.15, 0.2) is 0 Å². The SMILES string of the molecule is OCCC1CCN2CCCCC2C1. The van der Waals surface area contributed by atoms with E-state index in [1.54, 1.807) is 0 Å². The lowest BCUT2D eigenvalue weighted by Crippen LogP contribution is -2.45. The Morgan fingerprint density at radius 2 is 2.08 bits per heavy atom. The van der Waals surface area contributed by atoms with Crippen LogP contribution >= 0.6 is 0 Å². The summed E-state index contributed by atoms with van der Waals surface area (Å²) < 4.78 is 0. The van der Waals surface area contributed by atoms with Gasteiger partial charge in [-0.3, -0.25) is 0 Å². The minimum absolute atomic E-state index is 0.386. The van der Waals surface area contributed by atoms with Gasteiger partial charge in [0.1, 0.15) is 0 Å². The molecule has 0 spiro atoms. The Bertz CT molecular complexity index is 160. The molecule has 0 amide bonds. The van der Waals surface area contributed by atoms with Gasteiger partial charge in [-0.05, 0) is 51.1 Å². The Balaban J connectivity index is 1.84. The largest absolute Gasteiger partial charge is 0.396 e. The molecule has 0 aromatic carbocycles. The number of aliphatic hydroxyl groups excluding tert-OH is 1. The van der Waals surface area contributed by atoms with E-state index in [0.717, 1.165) is 18.4 Å². The minimum atomic E-state index is 0.386. The van der Waals surface area contributed by atoms with E-state index in [2.05, 4.69) is 4.90 Å². The predicted octanol–water partition coefficient (Wildman–Crippen LogP) is 1.63. The van der Waals surface area contributed by atoms with Crippen LogP contribution in [0.3, 0.4) is 0 Å². The van der Waals surface area contributed by atoms with Crippen molar-refractivity contribution >= 4 is 0 Å². The molecule has 0 aliphatic carbocycles. The van der Waals surface area contributed by atoms with Crippen molar-refractivity contribution in [3.8, 4) is 0 Å². The first-order chi connectivity index (χ1) is 6.40. The first-order valence-electron chi connectivity index (χ1n) is 5.75. The van der Waals surface area contributed by atoms with Crippen LogP contribution < -0.4 is 0 Å². The molecule has 1 N–H and O–H groups in total. The second-order valence-corrected chi connectivity index (χ2v) is 4.59. The van der Waals surface area contributed by atoms with Crippen molar-refractivity contribution in [3.63, 3.8) is 0 Å². The van der Waals surface area contributed by atoms with E-state index in [1.807, 2.05) is 0 Å². The van der Waals surface area contributed by atoms with Gasteiger partial charge >= 0.3 is 0 Å². The van der Waals surface area contributed by atoms with Gasteiger partial charge in [-0.15, -0.1) is 0 Å². The van der Waals surface area contributed by atoms with Crippen molar-refractivity contribution in [2.24, 2.45) is 5.92 Å². The quantitative estimate of drug-likeness (QED) is 0.703. The molecule has 2 aliphatic heterocycles. The molecule has 0 bridgehead atoms. The summed E-state index contributed by atoms with van der Waals surface area (Å²) in [5.41, 5.74) is 0. The van der Waals surface area contributed by atoms with E-state index in [-0.39, 0.29) is 0 Å². The second kappa shape index (κ2) is 4.43. The van der Waals surface area contributed by atoms with Gasteiger partial charge in [-0.25, -0.2) is 0 Å². The lowest BCUT2D eigenvalue weighted by molar-refractivity contribution is 0.0697. The first-order valence-corrected chi connectivity index (χ1v) is 5.75. The van der Waals surface area contributed by atoms with Crippen molar-refractivity contribution < 1.29 is 5.11 Å². The third-order valence-electron chi connectivity index (χ3n) is 3.72. The number of rotatable bonds is 2. The molecule has 0 aromatic heterocycles. The normalized spacial score (nSPS) is 35.8. The monoisotopic (exact) mass is 183 g/mol. The van der Waals surface area contributed by atoms with Crippen LogP contribution in [-0.2, 0) is 0 Å². The Kier molecular flexibility index (Phi) is 3.23. The summed E-state index contributed by atoms with van der Waals surface area (Å²) in [4.78, 5) is 2.66.